The molecule has 8 heteroatoms. The Hall–Kier alpha value is -1.37. The van der Waals surface area contributed by atoms with Crippen molar-refractivity contribution >= 4 is 11.6 Å². The van der Waals surface area contributed by atoms with Gasteiger partial charge in [0.15, 0.2) is 0 Å². The highest BCUT2D eigenvalue weighted by Crippen LogP contribution is 2.00. The molecule has 0 aliphatic carbocycles. The third-order valence-corrected chi connectivity index (χ3v) is 1.61. The molecule has 0 unspecified atom stereocenters. The Morgan fingerprint density at radius 1 is 1.77 bits per heavy atom. The average molecular weight is 207 g/mol. The lowest BCUT2D eigenvalue weighted by Crippen LogP contribution is -2.12. The SMILES string of the molecule is O=[N+]([O-])OCCn1nncc1CCl. The van der Waals surface area contributed by atoms with E-state index in [1.807, 2.05) is 0 Å². The molecule has 0 spiro atoms. The number of alkyl halides is 1. The highest BCUT2D eigenvalue weighted by Gasteiger charge is 2.02. The third kappa shape index (κ3) is 2.86. The Labute approximate surface area is 78.3 Å². The molecule has 1 aromatic rings. The van der Waals surface area contributed by atoms with Crippen LogP contribution >= 0.6 is 11.6 Å². The summed E-state index contributed by atoms with van der Waals surface area (Å²) in [6, 6.07) is 0. The highest BCUT2D eigenvalue weighted by atomic mass is 35.5. The number of aromatic nitrogens is 3. The van der Waals surface area contributed by atoms with Crippen molar-refractivity contribution < 1.29 is 9.92 Å². The molecule has 0 aliphatic heterocycles. The molecule has 0 atom stereocenters. The van der Waals surface area contributed by atoms with Crippen molar-refractivity contribution in [3.63, 3.8) is 0 Å². The number of halogens is 1. The Balaban J connectivity index is 2.40. The molecule has 0 bridgehead atoms. The molecule has 13 heavy (non-hydrogen) atoms. The van der Waals surface area contributed by atoms with Crippen molar-refractivity contribution in [2.24, 2.45) is 0 Å². The van der Waals surface area contributed by atoms with Crippen LogP contribution in [0.4, 0.5) is 0 Å². The van der Waals surface area contributed by atoms with E-state index in [-0.39, 0.29) is 19.0 Å². The molecule has 72 valence electrons. The van der Waals surface area contributed by atoms with Crippen molar-refractivity contribution in [1.82, 2.24) is 15.0 Å². The van der Waals surface area contributed by atoms with Gasteiger partial charge < -0.3 is 4.84 Å². The highest BCUT2D eigenvalue weighted by molar-refractivity contribution is 6.16. The summed E-state index contributed by atoms with van der Waals surface area (Å²) in [4.78, 5) is 13.9. The van der Waals surface area contributed by atoms with Crippen LogP contribution in [0.3, 0.4) is 0 Å². The molecule has 0 saturated heterocycles. The summed E-state index contributed by atoms with van der Waals surface area (Å²) < 4.78 is 1.45. The van der Waals surface area contributed by atoms with Gasteiger partial charge in [0.2, 0.25) is 0 Å². The van der Waals surface area contributed by atoms with Crippen LogP contribution in [-0.2, 0) is 17.3 Å². The summed E-state index contributed by atoms with van der Waals surface area (Å²) in [7, 11) is 0. The second kappa shape index (κ2) is 4.61. The minimum absolute atomic E-state index is 0.0553. The largest absolute Gasteiger partial charge is 0.312 e. The zero-order valence-corrected chi connectivity index (χ0v) is 7.35. The summed E-state index contributed by atoms with van der Waals surface area (Å²) in [6.07, 6.45) is 1.50. The fourth-order valence-corrected chi connectivity index (χ4v) is 0.980. The lowest BCUT2D eigenvalue weighted by molar-refractivity contribution is -0.758. The molecule has 0 N–H and O–H groups in total. The summed E-state index contributed by atoms with van der Waals surface area (Å²) in [6.45, 7) is 0.212. The molecule has 0 saturated carbocycles. The number of nitrogens with zero attached hydrogens (tertiary/aromatic N) is 4. The maximum absolute atomic E-state index is 9.79. The van der Waals surface area contributed by atoms with E-state index in [0.717, 1.165) is 0 Å². The Morgan fingerprint density at radius 3 is 3.15 bits per heavy atom. The van der Waals surface area contributed by atoms with Crippen LogP contribution in [0.5, 0.6) is 0 Å². The molecule has 0 aromatic carbocycles. The molecule has 7 nitrogen and oxygen atoms in total. The van der Waals surface area contributed by atoms with Gasteiger partial charge in [-0.05, 0) is 0 Å². The molecule has 0 radical (unpaired) electrons. The van der Waals surface area contributed by atoms with E-state index in [2.05, 4.69) is 15.1 Å². The van der Waals surface area contributed by atoms with Crippen LogP contribution in [0.1, 0.15) is 5.69 Å². The first-order chi connectivity index (χ1) is 6.24. The van der Waals surface area contributed by atoms with E-state index in [0.29, 0.717) is 5.69 Å². The van der Waals surface area contributed by atoms with Gasteiger partial charge in [0, 0.05) is 0 Å². The Morgan fingerprint density at radius 2 is 2.54 bits per heavy atom. The van der Waals surface area contributed by atoms with Crippen LogP contribution < -0.4 is 0 Å². The van der Waals surface area contributed by atoms with Crippen LogP contribution in [0.15, 0.2) is 6.20 Å². The predicted octanol–water partition coefficient (Wildman–Crippen LogP) is 0.225. The first-order valence-corrected chi connectivity index (χ1v) is 3.98. The van der Waals surface area contributed by atoms with Crippen LogP contribution in [0, 0.1) is 10.1 Å². The zero-order chi connectivity index (χ0) is 9.68. The maximum Gasteiger partial charge on any atom is 0.294 e. The van der Waals surface area contributed by atoms with E-state index in [9.17, 15) is 10.1 Å². The smallest absolute Gasteiger partial charge is 0.294 e. The molecule has 0 aliphatic rings. The normalized spacial score (nSPS) is 9.92. The predicted molar refractivity (Wildman–Crippen MR) is 42.5 cm³/mol. The lowest BCUT2D eigenvalue weighted by Gasteiger charge is -2.01. The van der Waals surface area contributed by atoms with Gasteiger partial charge in [0.25, 0.3) is 5.09 Å². The van der Waals surface area contributed by atoms with Gasteiger partial charge in [-0.1, -0.05) is 5.21 Å². The van der Waals surface area contributed by atoms with Crippen molar-refractivity contribution in [3.05, 3.63) is 22.0 Å². The molecule has 0 fully saturated rings. The maximum atomic E-state index is 9.79. The van der Waals surface area contributed by atoms with Gasteiger partial charge in [-0.25, -0.2) is 4.68 Å². The first-order valence-electron chi connectivity index (χ1n) is 3.44. The summed E-state index contributed by atoms with van der Waals surface area (Å²) in [5, 5.41) is 16.2. The topological polar surface area (TPSA) is 83.1 Å². The van der Waals surface area contributed by atoms with Crippen molar-refractivity contribution in [1.29, 1.82) is 0 Å². The van der Waals surface area contributed by atoms with Crippen LogP contribution in [-0.4, -0.2) is 26.7 Å². The first kappa shape index (κ1) is 9.72. The quantitative estimate of drug-likeness (QED) is 0.391. The third-order valence-electron chi connectivity index (χ3n) is 1.33. The minimum atomic E-state index is -0.850. The van der Waals surface area contributed by atoms with Crippen molar-refractivity contribution in [2.75, 3.05) is 6.61 Å². The van der Waals surface area contributed by atoms with E-state index in [1.54, 1.807) is 0 Å². The minimum Gasteiger partial charge on any atom is -0.312 e. The molecule has 1 heterocycles. The molecule has 0 amide bonds. The van der Waals surface area contributed by atoms with Gasteiger partial charge in [-0.2, -0.15) is 0 Å². The van der Waals surface area contributed by atoms with E-state index >= 15 is 0 Å². The number of hydrogen-bond acceptors (Lipinski definition) is 5. The summed E-state index contributed by atoms with van der Waals surface area (Å²) >= 11 is 5.54. The average Bonchev–Trinajstić information content (AvgIpc) is 2.51. The monoisotopic (exact) mass is 206 g/mol. The van der Waals surface area contributed by atoms with Gasteiger partial charge in [-0.15, -0.1) is 26.8 Å². The fourth-order valence-electron chi connectivity index (χ4n) is 0.773. The van der Waals surface area contributed by atoms with E-state index < -0.39 is 5.09 Å². The zero-order valence-electron chi connectivity index (χ0n) is 6.59. The number of rotatable bonds is 5. The second-order valence-electron chi connectivity index (χ2n) is 2.14. The van der Waals surface area contributed by atoms with Gasteiger partial charge in [0.05, 0.1) is 24.3 Å². The summed E-state index contributed by atoms with van der Waals surface area (Å²) in [5.74, 6) is 0.269. The van der Waals surface area contributed by atoms with Gasteiger partial charge >= 0.3 is 0 Å². The molecular weight excluding hydrogens is 200 g/mol. The van der Waals surface area contributed by atoms with Gasteiger partial charge in [0.1, 0.15) is 6.61 Å². The Bertz CT molecular complexity index is 289. The summed E-state index contributed by atoms with van der Waals surface area (Å²) in [5.41, 5.74) is 0.702. The molecule has 1 rings (SSSR count). The van der Waals surface area contributed by atoms with Crippen molar-refractivity contribution in [2.45, 2.75) is 12.4 Å². The number of hydrogen-bond donors (Lipinski definition) is 0. The standard InChI is InChI=1S/C5H7ClN4O3/c6-3-5-4-7-8-9(5)1-2-13-10(11)12/h4H,1-3H2. The van der Waals surface area contributed by atoms with Crippen LogP contribution in [0.25, 0.3) is 0 Å². The van der Waals surface area contributed by atoms with Crippen LogP contribution in [0.2, 0.25) is 0 Å². The fraction of sp³-hybridized carbons (Fsp3) is 0.600. The second-order valence-corrected chi connectivity index (χ2v) is 2.41. The Kier molecular flexibility index (Phi) is 3.44. The molecule has 1 aromatic heterocycles. The van der Waals surface area contributed by atoms with Gasteiger partial charge in [-0.3, -0.25) is 0 Å². The molecular formula is C5H7ClN4O3. The lowest BCUT2D eigenvalue weighted by atomic mass is 10.5. The van der Waals surface area contributed by atoms with Crippen molar-refractivity contribution in [3.8, 4) is 0 Å². The van der Waals surface area contributed by atoms with E-state index in [1.165, 1.54) is 10.9 Å². The van der Waals surface area contributed by atoms with E-state index in [4.69, 9.17) is 11.6 Å².